The first kappa shape index (κ1) is 11.9. The molecule has 0 heterocycles. The molecule has 0 radical (unpaired) electrons. The number of nitrogens with one attached hydrogen (secondary N) is 1. The van der Waals surface area contributed by atoms with E-state index in [0.29, 0.717) is 17.9 Å². The fraction of sp³-hybridized carbons (Fsp3) is 0.300. The fourth-order valence-corrected chi connectivity index (χ4v) is 1.73. The van der Waals surface area contributed by atoms with Gasteiger partial charge in [-0.05, 0) is 31.4 Å². The van der Waals surface area contributed by atoms with Gasteiger partial charge in [0, 0.05) is 10.6 Å². The molecule has 0 bridgehead atoms. The Labute approximate surface area is 93.1 Å². The van der Waals surface area contributed by atoms with Gasteiger partial charge in [-0.25, -0.2) is 4.79 Å². The third-order valence-corrected chi connectivity index (χ3v) is 2.66. The summed E-state index contributed by atoms with van der Waals surface area (Å²) in [5.41, 5.74) is 3.73. The van der Waals surface area contributed by atoms with Crippen LogP contribution in [0, 0.1) is 0 Å². The topological polar surface area (TPSA) is 64.3 Å². The summed E-state index contributed by atoms with van der Waals surface area (Å²) in [6.07, 6.45) is 1.91. The Hall–Kier alpha value is -1.20. The molecule has 0 saturated carbocycles. The van der Waals surface area contributed by atoms with E-state index in [9.17, 15) is 4.79 Å². The number of rotatable bonds is 4. The molecule has 82 valence electrons. The first-order valence-corrected chi connectivity index (χ1v) is 5.77. The molecule has 0 aromatic heterocycles. The molecule has 3 N–H and O–H groups in total. The van der Waals surface area contributed by atoms with Gasteiger partial charge in [0.25, 0.3) is 0 Å². The lowest BCUT2D eigenvalue weighted by atomic mass is 10.2. The lowest BCUT2D eigenvalue weighted by molar-refractivity contribution is 0.0522. The quantitative estimate of drug-likeness (QED) is 0.355. The first-order chi connectivity index (χ1) is 7.22. The zero-order chi connectivity index (χ0) is 11.3. The van der Waals surface area contributed by atoms with Gasteiger partial charge in [0.2, 0.25) is 0 Å². The van der Waals surface area contributed by atoms with E-state index in [2.05, 4.69) is 5.43 Å². The number of carbonyl (C=O) groups is 1. The molecule has 0 atom stereocenters. The largest absolute Gasteiger partial charge is 0.462 e. The van der Waals surface area contributed by atoms with E-state index in [-0.39, 0.29) is 5.97 Å². The highest BCUT2D eigenvalue weighted by Gasteiger charge is 2.12. The monoisotopic (exact) mass is 226 g/mol. The van der Waals surface area contributed by atoms with Crippen molar-refractivity contribution >= 4 is 23.4 Å². The van der Waals surface area contributed by atoms with Crippen molar-refractivity contribution in [2.75, 3.05) is 18.3 Å². The number of anilines is 1. The number of esters is 1. The average molecular weight is 226 g/mol. The predicted molar refractivity (Wildman–Crippen MR) is 62.0 cm³/mol. The van der Waals surface area contributed by atoms with Crippen LogP contribution in [-0.4, -0.2) is 18.8 Å². The zero-order valence-electron chi connectivity index (χ0n) is 8.74. The molecule has 5 heteroatoms. The summed E-state index contributed by atoms with van der Waals surface area (Å²) in [6.45, 7) is 2.15. The number of ether oxygens (including phenoxy) is 1. The maximum atomic E-state index is 11.6. The molecule has 4 nitrogen and oxygen atoms in total. The fourth-order valence-electron chi connectivity index (χ4n) is 1.17. The van der Waals surface area contributed by atoms with E-state index in [1.54, 1.807) is 13.0 Å². The van der Waals surface area contributed by atoms with Crippen molar-refractivity contribution in [3.05, 3.63) is 23.8 Å². The van der Waals surface area contributed by atoms with E-state index >= 15 is 0 Å². The molecule has 1 rings (SSSR count). The molecule has 15 heavy (non-hydrogen) atoms. The minimum atomic E-state index is -0.320. The molecule has 0 spiro atoms. The SMILES string of the molecule is CCOC(=O)c1cc(NN)ccc1SC. The minimum absolute atomic E-state index is 0.320. The van der Waals surface area contributed by atoms with E-state index in [1.807, 2.05) is 18.4 Å². The van der Waals surface area contributed by atoms with Crippen LogP contribution in [0.5, 0.6) is 0 Å². The average Bonchev–Trinajstić information content (AvgIpc) is 2.28. The van der Waals surface area contributed by atoms with Gasteiger partial charge < -0.3 is 10.2 Å². The lowest BCUT2D eigenvalue weighted by Gasteiger charge is -2.08. The number of nitrogens with two attached hydrogens (primary N) is 1. The number of nitrogen functional groups attached to an aromatic ring is 1. The van der Waals surface area contributed by atoms with Crippen LogP contribution in [0.15, 0.2) is 23.1 Å². The Bertz CT molecular complexity index is 355. The van der Waals surface area contributed by atoms with E-state index < -0.39 is 0 Å². The second kappa shape index (κ2) is 5.63. The second-order valence-electron chi connectivity index (χ2n) is 2.78. The van der Waals surface area contributed by atoms with Crippen molar-refractivity contribution in [3.63, 3.8) is 0 Å². The Morgan fingerprint density at radius 2 is 2.33 bits per heavy atom. The van der Waals surface area contributed by atoms with Crippen molar-refractivity contribution in [1.29, 1.82) is 0 Å². The van der Waals surface area contributed by atoms with Gasteiger partial charge >= 0.3 is 5.97 Å². The van der Waals surface area contributed by atoms with Crippen LogP contribution < -0.4 is 11.3 Å². The minimum Gasteiger partial charge on any atom is -0.462 e. The molecule has 0 amide bonds. The molecular weight excluding hydrogens is 212 g/mol. The highest BCUT2D eigenvalue weighted by atomic mass is 32.2. The number of hydrogen-bond donors (Lipinski definition) is 2. The zero-order valence-corrected chi connectivity index (χ0v) is 9.56. The Morgan fingerprint density at radius 1 is 1.60 bits per heavy atom. The molecule has 0 unspecified atom stereocenters. The van der Waals surface area contributed by atoms with Gasteiger partial charge in [0.1, 0.15) is 0 Å². The number of hydrogen-bond acceptors (Lipinski definition) is 5. The van der Waals surface area contributed by atoms with Crippen LogP contribution in [0.2, 0.25) is 0 Å². The predicted octanol–water partition coefficient (Wildman–Crippen LogP) is 1.87. The molecule has 1 aromatic rings. The second-order valence-corrected chi connectivity index (χ2v) is 3.63. The van der Waals surface area contributed by atoms with Crippen molar-refractivity contribution in [1.82, 2.24) is 0 Å². The maximum absolute atomic E-state index is 11.6. The third-order valence-electron chi connectivity index (χ3n) is 1.86. The Kier molecular flexibility index (Phi) is 4.45. The summed E-state index contributed by atoms with van der Waals surface area (Å²) in [5, 5.41) is 0. The van der Waals surface area contributed by atoms with Gasteiger partial charge in [0.05, 0.1) is 12.2 Å². The summed E-state index contributed by atoms with van der Waals surface area (Å²) < 4.78 is 4.95. The van der Waals surface area contributed by atoms with Gasteiger partial charge in [-0.2, -0.15) is 0 Å². The van der Waals surface area contributed by atoms with E-state index in [1.165, 1.54) is 11.8 Å². The maximum Gasteiger partial charge on any atom is 0.339 e. The summed E-state index contributed by atoms with van der Waals surface area (Å²) >= 11 is 1.50. The van der Waals surface area contributed by atoms with Crippen molar-refractivity contribution in [2.24, 2.45) is 5.84 Å². The van der Waals surface area contributed by atoms with Crippen molar-refractivity contribution < 1.29 is 9.53 Å². The van der Waals surface area contributed by atoms with Gasteiger partial charge in [-0.1, -0.05) is 0 Å². The smallest absolute Gasteiger partial charge is 0.339 e. The number of carbonyl (C=O) groups excluding carboxylic acids is 1. The molecular formula is C10H14N2O2S. The summed E-state index contributed by atoms with van der Waals surface area (Å²) in [6, 6.07) is 5.34. The molecule has 0 aliphatic rings. The molecule has 0 aliphatic carbocycles. The first-order valence-electron chi connectivity index (χ1n) is 4.54. The lowest BCUT2D eigenvalue weighted by Crippen LogP contribution is -2.10. The van der Waals surface area contributed by atoms with Gasteiger partial charge in [-0.3, -0.25) is 5.84 Å². The van der Waals surface area contributed by atoms with Crippen LogP contribution in [0.1, 0.15) is 17.3 Å². The number of benzene rings is 1. The van der Waals surface area contributed by atoms with Gasteiger partial charge in [0.15, 0.2) is 0 Å². The third kappa shape index (κ3) is 2.87. The Balaban J connectivity index is 3.05. The standard InChI is InChI=1S/C10H14N2O2S/c1-3-14-10(13)8-6-7(12-11)4-5-9(8)15-2/h4-6,12H,3,11H2,1-2H3. The molecule has 0 fully saturated rings. The number of hydrazine groups is 1. The van der Waals surface area contributed by atoms with Crippen LogP contribution in [0.25, 0.3) is 0 Å². The van der Waals surface area contributed by atoms with Gasteiger partial charge in [-0.15, -0.1) is 11.8 Å². The highest BCUT2D eigenvalue weighted by Crippen LogP contribution is 2.24. The summed E-state index contributed by atoms with van der Waals surface area (Å²) in [4.78, 5) is 12.5. The summed E-state index contributed by atoms with van der Waals surface area (Å²) in [5.74, 6) is 4.96. The van der Waals surface area contributed by atoms with E-state index in [0.717, 1.165) is 4.90 Å². The number of thioether (sulfide) groups is 1. The Morgan fingerprint density at radius 3 is 2.87 bits per heavy atom. The highest BCUT2D eigenvalue weighted by molar-refractivity contribution is 7.98. The van der Waals surface area contributed by atoms with Crippen LogP contribution in [0.3, 0.4) is 0 Å². The van der Waals surface area contributed by atoms with Crippen molar-refractivity contribution in [2.45, 2.75) is 11.8 Å². The normalized spacial score (nSPS) is 9.80. The van der Waals surface area contributed by atoms with Crippen LogP contribution in [-0.2, 0) is 4.74 Å². The molecule has 1 aromatic carbocycles. The van der Waals surface area contributed by atoms with Crippen LogP contribution in [0.4, 0.5) is 5.69 Å². The van der Waals surface area contributed by atoms with Crippen molar-refractivity contribution in [3.8, 4) is 0 Å². The van der Waals surface area contributed by atoms with E-state index in [4.69, 9.17) is 10.6 Å². The summed E-state index contributed by atoms with van der Waals surface area (Å²) in [7, 11) is 0. The molecule has 0 aliphatic heterocycles. The molecule has 0 saturated heterocycles. The van der Waals surface area contributed by atoms with Crippen LogP contribution >= 0.6 is 11.8 Å².